The van der Waals surface area contributed by atoms with E-state index in [1.54, 1.807) is 12.3 Å². The van der Waals surface area contributed by atoms with E-state index in [1.165, 1.54) is 0 Å². The van der Waals surface area contributed by atoms with Crippen molar-refractivity contribution in [2.75, 3.05) is 5.32 Å². The molecule has 2 aromatic rings. The van der Waals surface area contributed by atoms with Gasteiger partial charge in [0.1, 0.15) is 0 Å². The highest BCUT2D eigenvalue weighted by molar-refractivity contribution is 6.35. The van der Waals surface area contributed by atoms with Crippen LogP contribution in [0.25, 0.3) is 0 Å². The standard InChI is InChI=1S/C12H13Cl2N3/c1-8(2)17-4-3-15-12(17)16-11-6-9(13)5-10(14)7-11/h3-8H,1-2H3,(H,15,16). The van der Waals surface area contributed by atoms with Gasteiger partial charge in [-0.05, 0) is 32.0 Å². The third kappa shape index (κ3) is 2.93. The molecule has 3 nitrogen and oxygen atoms in total. The molecular formula is C12H13Cl2N3. The van der Waals surface area contributed by atoms with E-state index in [1.807, 2.05) is 22.9 Å². The number of nitrogens with one attached hydrogen (secondary N) is 1. The number of hydrogen-bond acceptors (Lipinski definition) is 2. The molecule has 1 aromatic carbocycles. The molecular weight excluding hydrogens is 257 g/mol. The fourth-order valence-corrected chi connectivity index (χ4v) is 2.11. The second-order valence-corrected chi connectivity index (χ2v) is 4.91. The first-order valence-electron chi connectivity index (χ1n) is 5.32. The molecule has 0 bridgehead atoms. The van der Waals surface area contributed by atoms with Gasteiger partial charge in [-0.25, -0.2) is 4.98 Å². The minimum Gasteiger partial charge on any atom is -0.326 e. The zero-order valence-electron chi connectivity index (χ0n) is 9.61. The fourth-order valence-electron chi connectivity index (χ4n) is 1.58. The van der Waals surface area contributed by atoms with E-state index in [-0.39, 0.29) is 0 Å². The first-order valence-corrected chi connectivity index (χ1v) is 6.08. The van der Waals surface area contributed by atoms with Gasteiger partial charge in [-0.1, -0.05) is 23.2 Å². The number of halogens is 2. The maximum atomic E-state index is 5.94. The molecule has 0 amide bonds. The van der Waals surface area contributed by atoms with Crippen LogP contribution in [0.2, 0.25) is 10.0 Å². The van der Waals surface area contributed by atoms with Crippen LogP contribution >= 0.6 is 23.2 Å². The molecule has 17 heavy (non-hydrogen) atoms. The Morgan fingerprint density at radius 3 is 2.41 bits per heavy atom. The van der Waals surface area contributed by atoms with Crippen LogP contribution in [-0.4, -0.2) is 9.55 Å². The summed E-state index contributed by atoms with van der Waals surface area (Å²) in [6.45, 7) is 4.19. The third-order valence-electron chi connectivity index (χ3n) is 2.34. The van der Waals surface area contributed by atoms with Crippen molar-refractivity contribution in [3.05, 3.63) is 40.6 Å². The summed E-state index contributed by atoms with van der Waals surface area (Å²) in [5.74, 6) is 0.776. The van der Waals surface area contributed by atoms with Gasteiger partial charge in [0, 0.05) is 34.2 Å². The van der Waals surface area contributed by atoms with E-state index in [0.717, 1.165) is 11.6 Å². The van der Waals surface area contributed by atoms with Crippen LogP contribution in [0.5, 0.6) is 0 Å². The highest BCUT2D eigenvalue weighted by atomic mass is 35.5. The van der Waals surface area contributed by atoms with Gasteiger partial charge in [0.15, 0.2) is 0 Å². The summed E-state index contributed by atoms with van der Waals surface area (Å²) in [6.07, 6.45) is 3.69. The van der Waals surface area contributed by atoms with Gasteiger partial charge < -0.3 is 9.88 Å². The molecule has 0 saturated heterocycles. The van der Waals surface area contributed by atoms with Crippen molar-refractivity contribution < 1.29 is 0 Å². The Hall–Kier alpha value is -1.19. The molecule has 2 rings (SSSR count). The Labute approximate surface area is 110 Å². The van der Waals surface area contributed by atoms with E-state index in [9.17, 15) is 0 Å². The number of rotatable bonds is 3. The second kappa shape index (κ2) is 4.98. The molecule has 0 radical (unpaired) electrons. The number of aromatic nitrogens is 2. The van der Waals surface area contributed by atoms with Crippen LogP contribution in [-0.2, 0) is 0 Å². The van der Waals surface area contributed by atoms with Crippen molar-refractivity contribution in [3.8, 4) is 0 Å². The van der Waals surface area contributed by atoms with Crippen molar-refractivity contribution in [1.29, 1.82) is 0 Å². The Morgan fingerprint density at radius 2 is 1.82 bits per heavy atom. The predicted molar refractivity (Wildman–Crippen MR) is 72.4 cm³/mol. The Balaban J connectivity index is 2.28. The minimum absolute atomic E-state index is 0.342. The highest BCUT2D eigenvalue weighted by Gasteiger charge is 2.06. The van der Waals surface area contributed by atoms with Gasteiger partial charge in [-0.15, -0.1) is 0 Å². The summed E-state index contributed by atoms with van der Waals surface area (Å²) >= 11 is 11.9. The monoisotopic (exact) mass is 269 g/mol. The molecule has 1 aromatic heterocycles. The Bertz CT molecular complexity index is 500. The maximum absolute atomic E-state index is 5.94. The average Bonchev–Trinajstić information content (AvgIpc) is 2.63. The van der Waals surface area contributed by atoms with E-state index < -0.39 is 0 Å². The first kappa shape index (κ1) is 12.3. The van der Waals surface area contributed by atoms with Crippen LogP contribution in [0.3, 0.4) is 0 Å². The Morgan fingerprint density at radius 1 is 1.18 bits per heavy atom. The van der Waals surface area contributed by atoms with Crippen LogP contribution in [0, 0.1) is 0 Å². The SMILES string of the molecule is CC(C)n1ccnc1Nc1cc(Cl)cc(Cl)c1. The van der Waals surface area contributed by atoms with Crippen LogP contribution < -0.4 is 5.32 Å². The predicted octanol–water partition coefficient (Wildman–Crippen LogP) is 4.51. The van der Waals surface area contributed by atoms with Gasteiger partial charge in [-0.3, -0.25) is 0 Å². The van der Waals surface area contributed by atoms with Crippen LogP contribution in [0.15, 0.2) is 30.6 Å². The summed E-state index contributed by atoms with van der Waals surface area (Å²) in [6, 6.07) is 5.66. The smallest absolute Gasteiger partial charge is 0.207 e. The lowest BCUT2D eigenvalue weighted by Crippen LogP contribution is -2.05. The van der Waals surface area contributed by atoms with Crippen LogP contribution in [0.4, 0.5) is 11.6 Å². The third-order valence-corrected chi connectivity index (χ3v) is 2.78. The van der Waals surface area contributed by atoms with Crippen molar-refractivity contribution in [2.24, 2.45) is 0 Å². The zero-order chi connectivity index (χ0) is 12.4. The summed E-state index contributed by atoms with van der Waals surface area (Å²) in [4.78, 5) is 4.26. The highest BCUT2D eigenvalue weighted by Crippen LogP contribution is 2.25. The van der Waals surface area contributed by atoms with E-state index in [4.69, 9.17) is 23.2 Å². The Kier molecular flexibility index (Phi) is 3.60. The number of nitrogens with zero attached hydrogens (tertiary/aromatic N) is 2. The first-order chi connectivity index (χ1) is 8.06. The molecule has 0 atom stereocenters. The summed E-state index contributed by atoms with van der Waals surface area (Å²) in [5, 5.41) is 4.40. The normalized spacial score (nSPS) is 10.9. The number of anilines is 2. The van der Waals surface area contributed by atoms with Crippen molar-refractivity contribution >= 4 is 34.8 Å². The quantitative estimate of drug-likeness (QED) is 0.888. The topological polar surface area (TPSA) is 29.9 Å². The summed E-state index contributed by atoms with van der Waals surface area (Å²) in [5.41, 5.74) is 0.829. The molecule has 0 unspecified atom stereocenters. The molecule has 0 saturated carbocycles. The molecule has 1 heterocycles. The summed E-state index contributed by atoms with van der Waals surface area (Å²) < 4.78 is 2.04. The average molecular weight is 270 g/mol. The zero-order valence-corrected chi connectivity index (χ0v) is 11.1. The number of imidazole rings is 1. The lowest BCUT2D eigenvalue weighted by atomic mass is 10.3. The molecule has 0 spiro atoms. The van der Waals surface area contributed by atoms with E-state index in [2.05, 4.69) is 24.1 Å². The van der Waals surface area contributed by atoms with Crippen molar-refractivity contribution in [3.63, 3.8) is 0 Å². The number of benzene rings is 1. The molecule has 0 aliphatic heterocycles. The maximum Gasteiger partial charge on any atom is 0.207 e. The van der Waals surface area contributed by atoms with E-state index in [0.29, 0.717) is 16.1 Å². The van der Waals surface area contributed by atoms with Gasteiger partial charge in [-0.2, -0.15) is 0 Å². The van der Waals surface area contributed by atoms with Gasteiger partial charge >= 0.3 is 0 Å². The number of hydrogen-bond donors (Lipinski definition) is 1. The molecule has 0 aliphatic rings. The molecule has 0 fully saturated rings. The molecule has 1 N–H and O–H groups in total. The second-order valence-electron chi connectivity index (χ2n) is 4.03. The van der Waals surface area contributed by atoms with Gasteiger partial charge in [0.25, 0.3) is 0 Å². The van der Waals surface area contributed by atoms with Crippen molar-refractivity contribution in [1.82, 2.24) is 9.55 Å². The molecule has 90 valence electrons. The molecule has 5 heteroatoms. The lowest BCUT2D eigenvalue weighted by molar-refractivity contribution is 0.608. The summed E-state index contributed by atoms with van der Waals surface area (Å²) in [7, 11) is 0. The molecule has 0 aliphatic carbocycles. The van der Waals surface area contributed by atoms with Crippen LogP contribution in [0.1, 0.15) is 19.9 Å². The van der Waals surface area contributed by atoms with Gasteiger partial charge in [0.05, 0.1) is 0 Å². The van der Waals surface area contributed by atoms with E-state index >= 15 is 0 Å². The van der Waals surface area contributed by atoms with Crippen molar-refractivity contribution in [2.45, 2.75) is 19.9 Å². The van der Waals surface area contributed by atoms with Gasteiger partial charge in [0.2, 0.25) is 5.95 Å². The minimum atomic E-state index is 0.342. The lowest BCUT2D eigenvalue weighted by Gasteiger charge is -2.13. The largest absolute Gasteiger partial charge is 0.326 e. The fraction of sp³-hybridized carbons (Fsp3) is 0.250.